The van der Waals surface area contributed by atoms with E-state index in [2.05, 4.69) is 10.6 Å². The van der Waals surface area contributed by atoms with Crippen LogP contribution >= 0.6 is 0 Å². The highest BCUT2D eigenvalue weighted by Crippen LogP contribution is 2.13. The van der Waals surface area contributed by atoms with Gasteiger partial charge < -0.3 is 20.5 Å². The number of nitrogens with one attached hydrogen (secondary N) is 2. The molecular weight excluding hydrogens is 276 g/mol. The molecule has 1 aliphatic rings. The zero-order chi connectivity index (χ0) is 14.5. The number of hydrogen-bond acceptors (Lipinski definition) is 5. The van der Waals surface area contributed by atoms with Gasteiger partial charge in [0.2, 0.25) is 0 Å². The summed E-state index contributed by atoms with van der Waals surface area (Å²) in [7, 11) is -3.03. The Morgan fingerprint density at radius 3 is 2.63 bits per heavy atom. The van der Waals surface area contributed by atoms with Crippen molar-refractivity contribution in [2.75, 3.05) is 31.8 Å². The minimum Gasteiger partial charge on any atom is -0.481 e. The van der Waals surface area contributed by atoms with Gasteiger partial charge >= 0.3 is 12.0 Å². The van der Waals surface area contributed by atoms with Gasteiger partial charge in [-0.05, 0) is 6.42 Å². The maximum Gasteiger partial charge on any atom is 0.315 e. The highest BCUT2D eigenvalue weighted by atomic mass is 32.2. The fraction of sp³-hybridized carbons (Fsp3) is 0.800. The Morgan fingerprint density at radius 1 is 1.37 bits per heavy atom. The molecule has 9 heteroatoms. The van der Waals surface area contributed by atoms with E-state index in [0.717, 1.165) is 6.26 Å². The molecule has 0 aromatic carbocycles. The van der Waals surface area contributed by atoms with Crippen LogP contribution in [0.15, 0.2) is 0 Å². The number of rotatable bonds is 6. The van der Waals surface area contributed by atoms with E-state index in [-0.39, 0.29) is 25.5 Å². The maximum atomic E-state index is 11.5. The summed E-state index contributed by atoms with van der Waals surface area (Å²) in [5, 5.41) is 13.9. The molecular formula is C10H18N2O6S. The second-order valence-corrected chi connectivity index (χ2v) is 6.73. The number of sulfone groups is 1. The van der Waals surface area contributed by atoms with Crippen molar-refractivity contribution in [1.29, 1.82) is 0 Å². The molecule has 1 fully saturated rings. The summed E-state index contributed by atoms with van der Waals surface area (Å²) in [6.45, 7) is 0.451. The number of carboxylic acids is 1. The molecule has 0 aromatic rings. The highest BCUT2D eigenvalue weighted by molar-refractivity contribution is 7.90. The maximum absolute atomic E-state index is 11.5. The first-order chi connectivity index (χ1) is 8.79. The van der Waals surface area contributed by atoms with Crippen molar-refractivity contribution in [3.63, 3.8) is 0 Å². The molecule has 2 amide bonds. The van der Waals surface area contributed by atoms with Crippen molar-refractivity contribution >= 4 is 21.8 Å². The van der Waals surface area contributed by atoms with Gasteiger partial charge in [-0.1, -0.05) is 0 Å². The van der Waals surface area contributed by atoms with Gasteiger partial charge in [0.15, 0.2) is 0 Å². The Morgan fingerprint density at radius 2 is 2.05 bits per heavy atom. The lowest BCUT2D eigenvalue weighted by molar-refractivity contribution is -0.142. The zero-order valence-corrected chi connectivity index (χ0v) is 11.4. The quantitative estimate of drug-likeness (QED) is 0.530. The summed E-state index contributed by atoms with van der Waals surface area (Å²) >= 11 is 0. The van der Waals surface area contributed by atoms with Crippen LogP contribution in [0, 0.1) is 5.92 Å². The lowest BCUT2D eigenvalue weighted by Gasteiger charge is -2.16. The summed E-state index contributed by atoms with van der Waals surface area (Å²) in [4.78, 5) is 22.3. The average molecular weight is 294 g/mol. The van der Waals surface area contributed by atoms with Crippen LogP contribution in [0.1, 0.15) is 6.42 Å². The highest BCUT2D eigenvalue weighted by Gasteiger charge is 2.34. The van der Waals surface area contributed by atoms with Crippen molar-refractivity contribution in [2.24, 2.45) is 5.92 Å². The van der Waals surface area contributed by atoms with Gasteiger partial charge in [0, 0.05) is 12.8 Å². The van der Waals surface area contributed by atoms with E-state index in [1.807, 2.05) is 0 Å². The minimum atomic E-state index is -3.03. The van der Waals surface area contributed by atoms with E-state index in [1.54, 1.807) is 0 Å². The number of carbonyl (C=O) groups excluding carboxylic acids is 1. The van der Waals surface area contributed by atoms with Gasteiger partial charge in [0.05, 0.1) is 25.0 Å². The zero-order valence-electron chi connectivity index (χ0n) is 10.6. The van der Waals surface area contributed by atoms with E-state index in [9.17, 15) is 18.0 Å². The largest absolute Gasteiger partial charge is 0.481 e. The normalized spacial score (nSPS) is 23.0. The minimum absolute atomic E-state index is 0.00241. The predicted octanol–water partition coefficient (Wildman–Crippen LogP) is -1.18. The van der Waals surface area contributed by atoms with Crippen LogP contribution in [0.5, 0.6) is 0 Å². The van der Waals surface area contributed by atoms with Crippen LogP contribution < -0.4 is 10.6 Å². The molecule has 0 aliphatic carbocycles. The first-order valence-corrected chi connectivity index (χ1v) is 7.88. The van der Waals surface area contributed by atoms with Crippen LogP contribution in [0.4, 0.5) is 4.79 Å². The smallest absolute Gasteiger partial charge is 0.315 e. The van der Waals surface area contributed by atoms with Crippen molar-refractivity contribution in [1.82, 2.24) is 10.6 Å². The summed E-state index contributed by atoms with van der Waals surface area (Å²) in [6.07, 6.45) is 1.44. The Kier molecular flexibility index (Phi) is 5.55. The van der Waals surface area contributed by atoms with E-state index in [0.29, 0.717) is 6.42 Å². The van der Waals surface area contributed by atoms with Crippen LogP contribution in [0.2, 0.25) is 0 Å². The van der Waals surface area contributed by atoms with Crippen LogP contribution in [0.3, 0.4) is 0 Å². The number of aliphatic carboxylic acids is 1. The Balaban J connectivity index is 2.26. The van der Waals surface area contributed by atoms with Gasteiger partial charge in [-0.25, -0.2) is 13.2 Å². The molecule has 1 rings (SSSR count). The molecule has 0 spiro atoms. The second-order valence-electron chi connectivity index (χ2n) is 4.47. The first kappa shape index (κ1) is 15.7. The number of urea groups is 1. The molecule has 3 N–H and O–H groups in total. The van der Waals surface area contributed by atoms with Gasteiger partial charge in [0.25, 0.3) is 0 Å². The number of hydrogen-bond donors (Lipinski definition) is 3. The van der Waals surface area contributed by atoms with Crippen LogP contribution in [0.25, 0.3) is 0 Å². The Bertz CT molecular complexity index is 435. The summed E-state index contributed by atoms with van der Waals surface area (Å²) in [6, 6.07) is -1.08. The van der Waals surface area contributed by atoms with Gasteiger partial charge in [-0.2, -0.15) is 0 Å². The first-order valence-electron chi connectivity index (χ1n) is 5.82. The van der Waals surface area contributed by atoms with Gasteiger partial charge in [0.1, 0.15) is 15.8 Å². The number of ether oxygens (including phenoxy) is 1. The molecule has 0 radical (unpaired) electrons. The van der Waals surface area contributed by atoms with E-state index < -0.39 is 33.8 Å². The second kappa shape index (κ2) is 6.71. The Labute approximate surface area is 111 Å². The number of carboxylic acid groups (broad SMARTS) is 1. The number of amides is 2. The third-order valence-corrected chi connectivity index (χ3v) is 3.72. The van der Waals surface area contributed by atoms with Crippen molar-refractivity contribution in [2.45, 2.75) is 12.5 Å². The van der Waals surface area contributed by atoms with Gasteiger partial charge in [-0.15, -0.1) is 0 Å². The molecule has 1 aliphatic heterocycles. The van der Waals surface area contributed by atoms with Crippen LogP contribution in [-0.4, -0.2) is 63.3 Å². The molecule has 19 heavy (non-hydrogen) atoms. The molecule has 0 bridgehead atoms. The van der Waals surface area contributed by atoms with E-state index in [4.69, 9.17) is 9.84 Å². The lowest BCUT2D eigenvalue weighted by Crippen LogP contribution is -2.47. The SMILES string of the molecule is CS(=O)(=O)CCCNC(=O)NC1COCC1C(=O)O. The molecule has 0 aromatic heterocycles. The van der Waals surface area contributed by atoms with Crippen molar-refractivity contribution in [3.8, 4) is 0 Å². The van der Waals surface area contributed by atoms with E-state index >= 15 is 0 Å². The molecule has 0 saturated carbocycles. The van der Waals surface area contributed by atoms with E-state index in [1.165, 1.54) is 0 Å². The molecule has 1 saturated heterocycles. The van der Waals surface area contributed by atoms with Gasteiger partial charge in [-0.3, -0.25) is 4.79 Å². The fourth-order valence-corrected chi connectivity index (χ4v) is 2.36. The fourth-order valence-electron chi connectivity index (χ4n) is 1.70. The number of carbonyl (C=O) groups is 2. The Hall–Kier alpha value is -1.35. The van der Waals surface area contributed by atoms with Crippen molar-refractivity contribution in [3.05, 3.63) is 0 Å². The third-order valence-electron chi connectivity index (χ3n) is 2.69. The molecule has 8 nitrogen and oxygen atoms in total. The average Bonchev–Trinajstić information content (AvgIpc) is 2.71. The monoisotopic (exact) mass is 294 g/mol. The van der Waals surface area contributed by atoms with Crippen LogP contribution in [-0.2, 0) is 19.4 Å². The summed E-state index contributed by atoms with van der Waals surface area (Å²) < 4.78 is 26.7. The lowest BCUT2D eigenvalue weighted by atomic mass is 10.0. The summed E-state index contributed by atoms with van der Waals surface area (Å²) in [5.74, 6) is -1.76. The molecule has 1 heterocycles. The predicted molar refractivity (Wildman–Crippen MR) is 66.6 cm³/mol. The van der Waals surface area contributed by atoms with Crippen molar-refractivity contribution < 1.29 is 27.9 Å². The molecule has 110 valence electrons. The molecule has 2 atom stereocenters. The summed E-state index contributed by atoms with van der Waals surface area (Å²) in [5.41, 5.74) is 0. The topological polar surface area (TPSA) is 122 Å². The third kappa shape index (κ3) is 5.88. The standard InChI is InChI=1S/C10H18N2O6S/c1-19(16,17)4-2-3-11-10(15)12-8-6-18-5-7(8)9(13)14/h7-8H,2-6H2,1H3,(H,13,14)(H2,11,12,15). The molecule has 2 unspecified atom stereocenters.